The van der Waals surface area contributed by atoms with E-state index in [-0.39, 0.29) is 12.1 Å². The van der Waals surface area contributed by atoms with E-state index in [0.29, 0.717) is 0 Å². The van der Waals surface area contributed by atoms with Crippen molar-refractivity contribution in [2.45, 2.75) is 53.0 Å². The number of nitrogens with one attached hydrogen (secondary N) is 1. The van der Waals surface area contributed by atoms with Gasteiger partial charge in [-0.05, 0) is 76.3 Å². The number of benzene rings is 1. The van der Waals surface area contributed by atoms with Crippen LogP contribution in [0.2, 0.25) is 0 Å². The molecule has 2 heteroatoms. The Morgan fingerprint density at radius 2 is 1.78 bits per heavy atom. The van der Waals surface area contributed by atoms with Crippen LogP contribution in [0.25, 0.3) is 0 Å². The summed E-state index contributed by atoms with van der Waals surface area (Å²) in [4.78, 5) is 0. The maximum Gasteiger partial charge on any atom is 0.0448 e. The zero-order chi connectivity index (χ0) is 13.8. The summed E-state index contributed by atoms with van der Waals surface area (Å²) in [6, 6.07) is 4.44. The van der Waals surface area contributed by atoms with Crippen LogP contribution < -0.4 is 5.32 Å². The van der Waals surface area contributed by atoms with Gasteiger partial charge in [0.1, 0.15) is 0 Å². The molecule has 0 bridgehead atoms. The topological polar surface area (TPSA) is 32.3 Å². The van der Waals surface area contributed by atoms with Crippen molar-refractivity contribution < 1.29 is 5.11 Å². The quantitative estimate of drug-likeness (QED) is 0.812. The highest BCUT2D eigenvalue weighted by atomic mass is 16.3. The van der Waals surface area contributed by atoms with Gasteiger partial charge in [-0.1, -0.05) is 12.1 Å². The van der Waals surface area contributed by atoms with Crippen LogP contribution in [0.5, 0.6) is 0 Å². The Morgan fingerprint density at radius 3 is 2.39 bits per heavy atom. The first-order valence-corrected chi connectivity index (χ1v) is 6.79. The molecule has 0 amide bonds. The van der Waals surface area contributed by atoms with Gasteiger partial charge in [0, 0.05) is 12.1 Å². The van der Waals surface area contributed by atoms with Crippen molar-refractivity contribution in [3.8, 4) is 0 Å². The van der Waals surface area contributed by atoms with Crippen molar-refractivity contribution in [3.63, 3.8) is 0 Å². The number of rotatable bonds is 6. The maximum absolute atomic E-state index is 8.99. The third-order valence-corrected chi connectivity index (χ3v) is 3.90. The minimum Gasteiger partial charge on any atom is -0.396 e. The molecule has 0 unspecified atom stereocenters. The van der Waals surface area contributed by atoms with Gasteiger partial charge in [0.05, 0.1) is 0 Å². The molecule has 0 fully saturated rings. The predicted octanol–water partition coefficient (Wildman–Crippen LogP) is 2.90. The van der Waals surface area contributed by atoms with Crippen molar-refractivity contribution in [2.24, 2.45) is 0 Å². The van der Waals surface area contributed by atoms with Gasteiger partial charge >= 0.3 is 0 Å². The molecular formula is C16H27NO. The van der Waals surface area contributed by atoms with Crippen LogP contribution in [0.15, 0.2) is 12.1 Å². The molecule has 1 aromatic carbocycles. The molecule has 0 radical (unpaired) electrons. The number of hydrogen-bond acceptors (Lipinski definition) is 2. The van der Waals surface area contributed by atoms with Crippen LogP contribution in [0.1, 0.15) is 42.5 Å². The summed E-state index contributed by atoms with van der Waals surface area (Å²) in [5, 5.41) is 12.5. The Balaban J connectivity index is 2.57. The Hall–Kier alpha value is -0.860. The summed E-state index contributed by atoms with van der Waals surface area (Å²) in [6.07, 6.45) is 1.83. The molecule has 0 heterocycles. The van der Waals surface area contributed by atoms with Gasteiger partial charge in [-0.2, -0.15) is 0 Å². The van der Waals surface area contributed by atoms with Crippen molar-refractivity contribution in [1.82, 2.24) is 5.32 Å². The Labute approximate surface area is 111 Å². The number of aryl methyl sites for hydroxylation is 1. The molecule has 0 aliphatic rings. The second-order valence-corrected chi connectivity index (χ2v) is 5.83. The minimum atomic E-state index is 0.0163. The van der Waals surface area contributed by atoms with E-state index in [1.807, 2.05) is 0 Å². The summed E-state index contributed by atoms with van der Waals surface area (Å²) in [6.45, 7) is 12.0. The molecule has 0 aliphatic heterocycles. The van der Waals surface area contributed by atoms with E-state index in [9.17, 15) is 0 Å². The van der Waals surface area contributed by atoms with E-state index in [1.54, 1.807) is 0 Å². The van der Waals surface area contributed by atoms with E-state index in [1.165, 1.54) is 22.3 Å². The Kier molecular flexibility index (Phi) is 5.36. The van der Waals surface area contributed by atoms with Crippen molar-refractivity contribution in [2.75, 3.05) is 13.2 Å². The summed E-state index contributed by atoms with van der Waals surface area (Å²) >= 11 is 0. The molecule has 0 saturated carbocycles. The minimum absolute atomic E-state index is 0.0163. The lowest BCUT2D eigenvalue weighted by atomic mass is 9.96. The van der Waals surface area contributed by atoms with Crippen LogP contribution in [-0.2, 0) is 6.42 Å². The highest BCUT2D eigenvalue weighted by Gasteiger charge is 2.15. The Bertz CT molecular complexity index is 396. The molecule has 1 aromatic rings. The van der Waals surface area contributed by atoms with Crippen LogP contribution in [0.4, 0.5) is 0 Å². The van der Waals surface area contributed by atoms with E-state index in [4.69, 9.17) is 5.11 Å². The molecule has 0 spiro atoms. The average molecular weight is 249 g/mol. The fraction of sp³-hybridized carbons (Fsp3) is 0.625. The van der Waals surface area contributed by atoms with Gasteiger partial charge < -0.3 is 10.4 Å². The van der Waals surface area contributed by atoms with Gasteiger partial charge in [0.15, 0.2) is 0 Å². The van der Waals surface area contributed by atoms with Crippen molar-refractivity contribution in [3.05, 3.63) is 34.4 Å². The third-order valence-electron chi connectivity index (χ3n) is 3.90. The van der Waals surface area contributed by atoms with E-state index in [0.717, 1.165) is 19.4 Å². The molecule has 2 nitrogen and oxygen atoms in total. The monoisotopic (exact) mass is 249 g/mol. The predicted molar refractivity (Wildman–Crippen MR) is 78.1 cm³/mol. The van der Waals surface area contributed by atoms with Gasteiger partial charge in [-0.25, -0.2) is 0 Å². The molecule has 0 saturated heterocycles. The smallest absolute Gasteiger partial charge is 0.0448 e. The molecule has 18 heavy (non-hydrogen) atoms. The van der Waals surface area contributed by atoms with Crippen LogP contribution in [0, 0.1) is 20.8 Å². The first kappa shape index (κ1) is 15.2. The SMILES string of the molecule is Cc1ccc(CCNC(C)(C)CCO)c(C)c1C. The van der Waals surface area contributed by atoms with E-state index in [2.05, 4.69) is 52.1 Å². The highest BCUT2D eigenvalue weighted by molar-refractivity contribution is 5.38. The molecular weight excluding hydrogens is 222 g/mol. The van der Waals surface area contributed by atoms with Crippen LogP contribution in [0.3, 0.4) is 0 Å². The van der Waals surface area contributed by atoms with Crippen molar-refractivity contribution >= 4 is 0 Å². The maximum atomic E-state index is 8.99. The zero-order valence-electron chi connectivity index (χ0n) is 12.4. The van der Waals surface area contributed by atoms with Gasteiger partial charge in [0.2, 0.25) is 0 Å². The summed E-state index contributed by atoms with van der Waals surface area (Å²) < 4.78 is 0. The fourth-order valence-corrected chi connectivity index (χ4v) is 2.19. The third kappa shape index (κ3) is 4.11. The molecule has 1 rings (SSSR count). The summed E-state index contributed by atoms with van der Waals surface area (Å²) in [5.41, 5.74) is 5.62. The molecule has 0 aromatic heterocycles. The van der Waals surface area contributed by atoms with Gasteiger partial charge in [-0.3, -0.25) is 0 Å². The van der Waals surface area contributed by atoms with Gasteiger partial charge in [-0.15, -0.1) is 0 Å². The lowest BCUT2D eigenvalue weighted by molar-refractivity contribution is 0.231. The second kappa shape index (κ2) is 6.35. The number of aliphatic hydroxyl groups excluding tert-OH is 1. The normalized spacial score (nSPS) is 11.9. The standard InChI is InChI=1S/C16H27NO/c1-12-6-7-15(14(3)13(12)2)8-10-17-16(4,5)9-11-18/h6-7,17-18H,8-11H2,1-5H3. The highest BCUT2D eigenvalue weighted by Crippen LogP contribution is 2.17. The second-order valence-electron chi connectivity index (χ2n) is 5.83. The van der Waals surface area contributed by atoms with E-state index < -0.39 is 0 Å². The largest absolute Gasteiger partial charge is 0.396 e. The molecule has 2 N–H and O–H groups in total. The van der Waals surface area contributed by atoms with Gasteiger partial charge in [0.25, 0.3) is 0 Å². The Morgan fingerprint density at radius 1 is 1.11 bits per heavy atom. The summed E-state index contributed by atoms with van der Waals surface area (Å²) in [7, 11) is 0. The number of hydrogen-bond donors (Lipinski definition) is 2. The lowest BCUT2D eigenvalue weighted by Gasteiger charge is -2.25. The van der Waals surface area contributed by atoms with Crippen LogP contribution >= 0.6 is 0 Å². The summed E-state index contributed by atoms with van der Waals surface area (Å²) in [5.74, 6) is 0. The lowest BCUT2D eigenvalue weighted by Crippen LogP contribution is -2.41. The first-order valence-electron chi connectivity index (χ1n) is 6.79. The fourth-order valence-electron chi connectivity index (χ4n) is 2.19. The van der Waals surface area contributed by atoms with Crippen LogP contribution in [-0.4, -0.2) is 23.8 Å². The zero-order valence-corrected chi connectivity index (χ0v) is 12.4. The molecule has 0 aliphatic carbocycles. The number of aliphatic hydroxyl groups is 1. The molecule has 0 atom stereocenters. The van der Waals surface area contributed by atoms with E-state index >= 15 is 0 Å². The average Bonchev–Trinajstić information content (AvgIpc) is 2.29. The first-order chi connectivity index (χ1) is 8.37. The van der Waals surface area contributed by atoms with Crippen molar-refractivity contribution in [1.29, 1.82) is 0 Å². The molecule has 102 valence electrons.